The predicted octanol–water partition coefficient (Wildman–Crippen LogP) is 1.53. The Kier molecular flexibility index (Phi) is 5.66. The number of aryl methyl sites for hydroxylation is 1. The van der Waals surface area contributed by atoms with Crippen molar-refractivity contribution in [3.05, 3.63) is 29.8 Å². The number of hydrogen-bond acceptors (Lipinski definition) is 3. The van der Waals surface area contributed by atoms with Gasteiger partial charge in [0.15, 0.2) is 0 Å². The number of rotatable bonds is 1. The van der Waals surface area contributed by atoms with Crippen LogP contribution in [-0.2, 0) is 29.7 Å². The van der Waals surface area contributed by atoms with E-state index < -0.39 is 13.5 Å². The zero-order valence-corrected chi connectivity index (χ0v) is 10.4. The first-order valence-corrected chi connectivity index (χ1v) is 7.29. The molecule has 4 nitrogen and oxygen atoms in total. The summed E-state index contributed by atoms with van der Waals surface area (Å²) in [6.07, 6.45) is -1.83. The third-order valence-corrected chi connectivity index (χ3v) is 3.43. The maximum atomic E-state index is 8.56. The molecule has 0 saturated heterocycles. The number of benzene rings is 1. The summed E-state index contributed by atoms with van der Waals surface area (Å²) in [4.78, 5) is 9.45. The molecule has 84 valence electrons. The Bertz CT molecular complexity index is 421. The molecular weight excluding hydrogens is 254 g/mol. The van der Waals surface area contributed by atoms with Crippen LogP contribution >= 0.6 is 0 Å². The Labute approximate surface area is 97.7 Å². The van der Waals surface area contributed by atoms with Crippen LogP contribution in [0, 0.1) is 6.92 Å². The van der Waals surface area contributed by atoms with Gasteiger partial charge in [0.2, 0.25) is 0 Å². The minimum Gasteiger partial charge on any atom is -0.450 e. The number of carbonyl (C=O) groups is 1. The largest absolute Gasteiger partial charge is 0.503 e. The highest BCUT2D eigenvalue weighted by Gasteiger charge is 1.96. The Balaban J connectivity index is 0.000000423. The molecule has 0 radical (unpaired) electrons. The molecule has 0 aliphatic carbocycles. The highest BCUT2D eigenvalue weighted by Crippen LogP contribution is 2.07. The molecule has 7 heteroatoms. The SMILES string of the molecule is Cc1ccc(S(N)(=S)=S)cc1.O=C(O)O. The van der Waals surface area contributed by atoms with Crippen LogP contribution in [0.2, 0.25) is 0 Å². The summed E-state index contributed by atoms with van der Waals surface area (Å²) in [5.41, 5.74) is 1.20. The van der Waals surface area contributed by atoms with E-state index in [1.807, 2.05) is 31.2 Å². The molecular formula is C8H11NO3S3. The Hall–Kier alpha value is -0.760. The van der Waals surface area contributed by atoms with Crippen molar-refractivity contribution in [1.82, 2.24) is 0 Å². The van der Waals surface area contributed by atoms with Crippen molar-refractivity contribution < 1.29 is 15.0 Å². The van der Waals surface area contributed by atoms with E-state index in [0.29, 0.717) is 0 Å². The van der Waals surface area contributed by atoms with Gasteiger partial charge in [0.1, 0.15) is 0 Å². The van der Waals surface area contributed by atoms with Crippen molar-refractivity contribution in [3.63, 3.8) is 0 Å². The predicted molar refractivity (Wildman–Crippen MR) is 66.4 cm³/mol. The quantitative estimate of drug-likeness (QED) is 0.714. The maximum Gasteiger partial charge on any atom is 0.503 e. The summed E-state index contributed by atoms with van der Waals surface area (Å²) in [6.45, 7) is 2.02. The zero-order valence-electron chi connectivity index (χ0n) is 7.91. The summed E-state index contributed by atoms with van der Waals surface area (Å²) in [5.74, 6) is 0. The van der Waals surface area contributed by atoms with E-state index in [4.69, 9.17) is 42.5 Å². The average molecular weight is 265 g/mol. The Morgan fingerprint density at radius 3 is 1.87 bits per heavy atom. The molecule has 0 saturated carbocycles. The molecule has 4 N–H and O–H groups in total. The number of hydrogen-bond donors (Lipinski definition) is 3. The molecule has 0 unspecified atom stereocenters. The van der Waals surface area contributed by atoms with E-state index in [9.17, 15) is 0 Å². The molecule has 0 aliphatic heterocycles. The van der Waals surface area contributed by atoms with E-state index in [-0.39, 0.29) is 0 Å². The van der Waals surface area contributed by atoms with E-state index in [1.54, 1.807) is 0 Å². The smallest absolute Gasteiger partial charge is 0.450 e. The normalized spacial score (nSPS) is 10.0. The second-order valence-corrected chi connectivity index (χ2v) is 7.99. The lowest BCUT2D eigenvalue weighted by molar-refractivity contribution is 0.137. The van der Waals surface area contributed by atoms with Crippen LogP contribution in [0.1, 0.15) is 5.56 Å². The fraction of sp³-hybridized carbons (Fsp3) is 0.125. The van der Waals surface area contributed by atoms with Crippen LogP contribution < -0.4 is 5.14 Å². The molecule has 0 amide bonds. The van der Waals surface area contributed by atoms with Crippen LogP contribution in [0.4, 0.5) is 4.79 Å². The number of nitrogens with two attached hydrogens (primary N) is 1. The van der Waals surface area contributed by atoms with Gasteiger partial charge in [0.25, 0.3) is 0 Å². The van der Waals surface area contributed by atoms with Crippen molar-refractivity contribution in [2.24, 2.45) is 5.14 Å². The van der Waals surface area contributed by atoms with Gasteiger partial charge in [-0.25, -0.2) is 4.79 Å². The van der Waals surface area contributed by atoms with Crippen molar-refractivity contribution >= 4 is 35.9 Å². The van der Waals surface area contributed by atoms with Crippen LogP contribution in [0.15, 0.2) is 29.2 Å². The van der Waals surface area contributed by atoms with Gasteiger partial charge in [-0.3, -0.25) is 5.14 Å². The van der Waals surface area contributed by atoms with Crippen molar-refractivity contribution in [2.75, 3.05) is 0 Å². The Morgan fingerprint density at radius 2 is 1.60 bits per heavy atom. The van der Waals surface area contributed by atoms with E-state index in [1.165, 1.54) is 5.56 Å². The van der Waals surface area contributed by atoms with Gasteiger partial charge in [0, 0.05) is 4.90 Å². The summed E-state index contributed by atoms with van der Waals surface area (Å²) < 4.78 is 0. The Morgan fingerprint density at radius 1 is 1.27 bits per heavy atom. The maximum absolute atomic E-state index is 8.56. The van der Waals surface area contributed by atoms with Gasteiger partial charge in [-0.05, 0) is 48.8 Å². The molecule has 0 aromatic heterocycles. The third kappa shape index (κ3) is 7.20. The highest BCUT2D eigenvalue weighted by molar-refractivity contribution is 8.55. The molecule has 1 aromatic carbocycles. The summed E-state index contributed by atoms with van der Waals surface area (Å²) in [6, 6.07) is 7.76. The summed E-state index contributed by atoms with van der Waals surface area (Å²) >= 11 is 9.94. The van der Waals surface area contributed by atoms with Crippen LogP contribution in [0.3, 0.4) is 0 Å². The first-order chi connectivity index (χ1) is 6.73. The molecule has 0 fully saturated rings. The van der Waals surface area contributed by atoms with Gasteiger partial charge in [-0.1, -0.05) is 17.7 Å². The third-order valence-electron chi connectivity index (χ3n) is 1.35. The van der Waals surface area contributed by atoms with Crippen LogP contribution in [-0.4, -0.2) is 16.4 Å². The first-order valence-electron chi connectivity index (χ1n) is 3.75. The fourth-order valence-electron chi connectivity index (χ4n) is 0.728. The molecule has 0 heterocycles. The van der Waals surface area contributed by atoms with E-state index >= 15 is 0 Å². The summed E-state index contributed by atoms with van der Waals surface area (Å²) in [5, 5.41) is 19.6. The topological polar surface area (TPSA) is 83.6 Å². The minimum absolute atomic E-state index is 0.896. The molecule has 0 bridgehead atoms. The number of carboxylic acid groups (broad SMARTS) is 2. The van der Waals surface area contributed by atoms with E-state index in [2.05, 4.69) is 0 Å². The van der Waals surface area contributed by atoms with Gasteiger partial charge in [-0.2, -0.15) is 0 Å². The van der Waals surface area contributed by atoms with E-state index in [0.717, 1.165) is 4.90 Å². The molecule has 0 spiro atoms. The lowest BCUT2D eigenvalue weighted by atomic mass is 10.2. The highest BCUT2D eigenvalue weighted by atomic mass is 33.1. The van der Waals surface area contributed by atoms with Gasteiger partial charge < -0.3 is 10.2 Å². The van der Waals surface area contributed by atoms with Crippen molar-refractivity contribution in [3.8, 4) is 0 Å². The fourth-order valence-corrected chi connectivity index (χ4v) is 1.91. The molecule has 1 rings (SSSR count). The lowest BCUT2D eigenvalue weighted by Crippen LogP contribution is -2.08. The second-order valence-electron chi connectivity index (χ2n) is 2.64. The average Bonchev–Trinajstić information content (AvgIpc) is 2.01. The monoisotopic (exact) mass is 265 g/mol. The minimum atomic E-state index is -1.85. The first kappa shape index (κ1) is 14.2. The van der Waals surface area contributed by atoms with Crippen molar-refractivity contribution in [1.29, 1.82) is 0 Å². The van der Waals surface area contributed by atoms with Gasteiger partial charge >= 0.3 is 6.16 Å². The molecule has 0 aliphatic rings. The van der Waals surface area contributed by atoms with Crippen LogP contribution in [0.5, 0.6) is 0 Å². The van der Waals surface area contributed by atoms with Gasteiger partial charge in [0.05, 0.1) is 0 Å². The molecule has 1 aromatic rings. The summed E-state index contributed by atoms with van der Waals surface area (Å²) in [7, 11) is -1.85. The standard InChI is InChI=1S/C7H9NS3.CH2O3/c1-6-2-4-7(5-3-6)11(8,9)10;2-1(3)4/h2-5H,1H3,(H2,8,9,10);(H2,2,3,4). The van der Waals surface area contributed by atoms with Crippen LogP contribution in [0.25, 0.3) is 0 Å². The van der Waals surface area contributed by atoms with Crippen molar-refractivity contribution in [2.45, 2.75) is 11.8 Å². The second kappa shape index (κ2) is 5.96. The molecule has 0 atom stereocenters. The molecule has 15 heavy (non-hydrogen) atoms. The zero-order chi connectivity index (χ0) is 12.1. The van der Waals surface area contributed by atoms with Gasteiger partial charge in [-0.15, -0.1) is 0 Å². The lowest BCUT2D eigenvalue weighted by Gasteiger charge is -2.02.